The molecule has 4 atom stereocenters. The molecular weight excluding hydrogens is 372 g/mol. The second-order valence-corrected chi connectivity index (χ2v) is 10.8. The van der Waals surface area contributed by atoms with Gasteiger partial charge in [-0.05, 0) is 48.6 Å². The van der Waals surface area contributed by atoms with E-state index in [0.29, 0.717) is 23.9 Å². The summed E-state index contributed by atoms with van der Waals surface area (Å²) >= 11 is 0. The lowest BCUT2D eigenvalue weighted by molar-refractivity contribution is 0.0279. The minimum absolute atomic E-state index is 0.162. The second-order valence-electron chi connectivity index (χ2n) is 10.8. The van der Waals surface area contributed by atoms with Crippen molar-refractivity contribution < 1.29 is 19.1 Å². The maximum absolute atomic E-state index is 11.8. The predicted molar refractivity (Wildman–Crippen MR) is 111 cm³/mol. The number of carbonyl (C=O) groups excluding carboxylic acids is 2. The Kier molecular flexibility index (Phi) is 6.07. The van der Waals surface area contributed by atoms with Crippen LogP contribution in [0.25, 0.3) is 0 Å². The van der Waals surface area contributed by atoms with Crippen molar-refractivity contribution in [3.8, 4) is 0 Å². The van der Waals surface area contributed by atoms with Crippen molar-refractivity contribution in [2.45, 2.75) is 64.8 Å². The van der Waals surface area contributed by atoms with Crippen LogP contribution in [0, 0.1) is 11.8 Å². The van der Waals surface area contributed by atoms with Gasteiger partial charge in [0, 0.05) is 63.2 Å². The first-order valence-corrected chi connectivity index (χ1v) is 10.7. The largest absolute Gasteiger partial charge is 0.444 e. The first-order valence-electron chi connectivity index (χ1n) is 10.7. The predicted octanol–water partition coefficient (Wildman–Crippen LogP) is 1.99. The normalized spacial score (nSPS) is 31.0. The number of nitrogens with one attached hydrogen (secondary N) is 1. The summed E-state index contributed by atoms with van der Waals surface area (Å²) in [5, 5.41) is 3.31. The Labute approximate surface area is 174 Å². The SMILES string of the molecule is CC(C)(C)OC(=O)N1CC2CNC2C1.CN1CC2CN(C(=O)OC(C)(C)C)CC21. The Morgan fingerprint density at radius 1 is 0.793 bits per heavy atom. The van der Waals surface area contributed by atoms with Gasteiger partial charge < -0.3 is 29.5 Å². The average Bonchev–Trinajstić information content (AvgIpc) is 3.02. The molecule has 0 aliphatic carbocycles. The highest BCUT2D eigenvalue weighted by atomic mass is 16.6. The van der Waals surface area contributed by atoms with Crippen molar-refractivity contribution in [3.63, 3.8) is 0 Å². The molecule has 0 spiro atoms. The van der Waals surface area contributed by atoms with Gasteiger partial charge in [-0.15, -0.1) is 0 Å². The van der Waals surface area contributed by atoms with Crippen molar-refractivity contribution in [1.29, 1.82) is 0 Å². The second kappa shape index (κ2) is 7.95. The Morgan fingerprint density at radius 2 is 1.31 bits per heavy atom. The van der Waals surface area contributed by atoms with Crippen LogP contribution in [0.2, 0.25) is 0 Å². The molecule has 8 heteroatoms. The summed E-state index contributed by atoms with van der Waals surface area (Å²) in [6.45, 7) is 16.9. The summed E-state index contributed by atoms with van der Waals surface area (Å²) in [5.74, 6) is 1.32. The molecule has 0 aromatic heterocycles. The Balaban J connectivity index is 0.000000166. The molecular formula is C21H38N4O4. The van der Waals surface area contributed by atoms with Gasteiger partial charge >= 0.3 is 12.2 Å². The Morgan fingerprint density at radius 3 is 1.66 bits per heavy atom. The van der Waals surface area contributed by atoms with Crippen LogP contribution in [-0.4, -0.2) is 96.5 Å². The Bertz CT molecular complexity index is 615. The van der Waals surface area contributed by atoms with E-state index in [0.717, 1.165) is 39.3 Å². The van der Waals surface area contributed by atoms with Crippen molar-refractivity contribution >= 4 is 12.2 Å². The lowest BCUT2D eigenvalue weighted by atomic mass is 9.93. The van der Waals surface area contributed by atoms with Crippen LogP contribution < -0.4 is 5.32 Å². The number of amides is 2. The quantitative estimate of drug-likeness (QED) is 0.658. The van der Waals surface area contributed by atoms with E-state index in [-0.39, 0.29) is 23.4 Å². The number of rotatable bonds is 0. The highest BCUT2D eigenvalue weighted by Gasteiger charge is 2.46. The molecule has 4 rings (SSSR count). The number of likely N-dealkylation sites (N-methyl/N-ethyl adjacent to an activating group) is 1. The van der Waals surface area contributed by atoms with Gasteiger partial charge in [-0.1, -0.05) is 0 Å². The molecule has 4 saturated heterocycles. The molecule has 2 amide bonds. The van der Waals surface area contributed by atoms with Crippen LogP contribution in [0.4, 0.5) is 9.59 Å². The number of nitrogens with zero attached hydrogens (tertiary/aromatic N) is 3. The maximum Gasteiger partial charge on any atom is 0.410 e. The van der Waals surface area contributed by atoms with Gasteiger partial charge in [0.05, 0.1) is 0 Å². The molecule has 8 nitrogen and oxygen atoms in total. The Hall–Kier alpha value is -1.54. The van der Waals surface area contributed by atoms with Crippen LogP contribution >= 0.6 is 0 Å². The number of likely N-dealkylation sites (tertiary alicyclic amines) is 3. The third-order valence-electron chi connectivity index (χ3n) is 5.88. The summed E-state index contributed by atoms with van der Waals surface area (Å²) in [6.07, 6.45) is -0.334. The van der Waals surface area contributed by atoms with Gasteiger partial charge in [-0.2, -0.15) is 0 Å². The monoisotopic (exact) mass is 410 g/mol. The van der Waals surface area contributed by atoms with E-state index >= 15 is 0 Å². The minimum Gasteiger partial charge on any atom is -0.444 e. The molecule has 4 unspecified atom stereocenters. The fourth-order valence-corrected chi connectivity index (χ4v) is 4.30. The summed E-state index contributed by atoms with van der Waals surface area (Å²) in [7, 11) is 2.11. The van der Waals surface area contributed by atoms with E-state index in [1.54, 1.807) is 4.90 Å². The molecule has 1 N–H and O–H groups in total. The van der Waals surface area contributed by atoms with Crippen LogP contribution in [0.3, 0.4) is 0 Å². The average molecular weight is 411 g/mol. The number of hydrogen-bond acceptors (Lipinski definition) is 6. The zero-order chi connectivity index (χ0) is 21.6. The summed E-state index contributed by atoms with van der Waals surface area (Å²) in [6, 6.07) is 1.08. The molecule has 4 aliphatic rings. The van der Waals surface area contributed by atoms with Gasteiger partial charge in [0.1, 0.15) is 11.2 Å². The molecule has 0 aromatic carbocycles. The topological polar surface area (TPSA) is 74.4 Å². The third kappa shape index (κ3) is 5.54. The highest BCUT2D eigenvalue weighted by molar-refractivity contribution is 5.69. The van der Waals surface area contributed by atoms with Crippen LogP contribution in [0.15, 0.2) is 0 Å². The fourth-order valence-electron chi connectivity index (χ4n) is 4.30. The highest BCUT2D eigenvalue weighted by Crippen LogP contribution is 2.31. The van der Waals surface area contributed by atoms with Crippen molar-refractivity contribution in [1.82, 2.24) is 20.0 Å². The van der Waals surface area contributed by atoms with Gasteiger partial charge in [-0.25, -0.2) is 9.59 Å². The van der Waals surface area contributed by atoms with Gasteiger partial charge in [0.25, 0.3) is 0 Å². The summed E-state index contributed by atoms with van der Waals surface area (Å²) < 4.78 is 10.7. The first-order chi connectivity index (χ1) is 13.3. The zero-order valence-corrected chi connectivity index (χ0v) is 19.0. The summed E-state index contributed by atoms with van der Waals surface area (Å²) in [4.78, 5) is 29.4. The molecule has 29 heavy (non-hydrogen) atoms. The molecule has 0 saturated carbocycles. The maximum atomic E-state index is 11.8. The van der Waals surface area contributed by atoms with E-state index in [2.05, 4.69) is 17.3 Å². The number of carbonyl (C=O) groups is 2. The lowest BCUT2D eigenvalue weighted by Crippen LogP contribution is -2.52. The van der Waals surface area contributed by atoms with Crippen molar-refractivity contribution in [3.05, 3.63) is 0 Å². The first kappa shape index (κ1) is 22.2. The van der Waals surface area contributed by atoms with Crippen molar-refractivity contribution in [2.24, 2.45) is 11.8 Å². The fraction of sp³-hybridized carbons (Fsp3) is 0.905. The molecule has 0 radical (unpaired) electrons. The standard InChI is InChI=1S/C11H20N2O2.C10H18N2O2/c1-11(2,3)15-10(14)13-6-8-5-12(4)9(8)7-13;1-10(2,3)14-9(13)12-5-7-4-11-8(7)6-12/h8-9H,5-7H2,1-4H3;7-8,11H,4-6H2,1-3H3. The molecule has 0 aromatic rings. The van der Waals surface area contributed by atoms with Crippen molar-refractivity contribution in [2.75, 3.05) is 46.3 Å². The molecule has 166 valence electrons. The zero-order valence-electron chi connectivity index (χ0n) is 19.0. The third-order valence-corrected chi connectivity index (χ3v) is 5.88. The molecule has 4 heterocycles. The van der Waals surface area contributed by atoms with Gasteiger partial charge in [0.15, 0.2) is 0 Å². The number of fused-ring (bicyclic) bond motifs is 2. The molecule has 0 bridgehead atoms. The van der Waals surface area contributed by atoms with E-state index in [9.17, 15) is 9.59 Å². The van der Waals surface area contributed by atoms with E-state index in [1.807, 2.05) is 46.4 Å². The van der Waals surface area contributed by atoms with Crippen LogP contribution in [-0.2, 0) is 9.47 Å². The van der Waals surface area contributed by atoms with Gasteiger partial charge in [0.2, 0.25) is 0 Å². The van der Waals surface area contributed by atoms with Crippen LogP contribution in [0.5, 0.6) is 0 Å². The van der Waals surface area contributed by atoms with E-state index in [1.165, 1.54) is 0 Å². The minimum atomic E-state index is -0.384. The molecule has 4 aliphatic heterocycles. The van der Waals surface area contributed by atoms with E-state index < -0.39 is 0 Å². The number of hydrogen-bond donors (Lipinski definition) is 1. The molecule has 4 fully saturated rings. The number of ether oxygens (including phenoxy) is 2. The lowest BCUT2D eigenvalue weighted by Gasteiger charge is -2.40. The van der Waals surface area contributed by atoms with Crippen LogP contribution in [0.1, 0.15) is 41.5 Å². The van der Waals surface area contributed by atoms with E-state index in [4.69, 9.17) is 9.47 Å². The smallest absolute Gasteiger partial charge is 0.410 e. The van der Waals surface area contributed by atoms with Gasteiger partial charge in [-0.3, -0.25) is 0 Å². The summed E-state index contributed by atoms with van der Waals surface area (Å²) in [5.41, 5.74) is -0.767.